The van der Waals surface area contributed by atoms with Gasteiger partial charge < -0.3 is 15.0 Å². The van der Waals surface area contributed by atoms with Crippen molar-refractivity contribution < 1.29 is 4.74 Å². The summed E-state index contributed by atoms with van der Waals surface area (Å²) in [6, 6.07) is 0.773. The van der Waals surface area contributed by atoms with E-state index in [1.54, 1.807) is 13.3 Å². The fourth-order valence-electron chi connectivity index (χ4n) is 1.83. The van der Waals surface area contributed by atoms with Gasteiger partial charge in [-0.15, -0.1) is 0 Å². The molecule has 0 bridgehead atoms. The second-order valence-corrected chi connectivity index (χ2v) is 4.19. The lowest BCUT2D eigenvalue weighted by atomic mass is 10.2. The minimum atomic E-state index is 0.345. The third-order valence-electron chi connectivity index (χ3n) is 2.80. The van der Waals surface area contributed by atoms with E-state index in [4.69, 9.17) is 16.3 Å². The Bertz CT molecular complexity index is 368. The first-order chi connectivity index (χ1) is 7.72. The van der Waals surface area contributed by atoms with Crippen LogP contribution in [-0.2, 0) is 0 Å². The first-order valence-corrected chi connectivity index (χ1v) is 5.60. The molecule has 1 saturated heterocycles. The van der Waals surface area contributed by atoms with E-state index in [-0.39, 0.29) is 0 Å². The molecule has 0 amide bonds. The first kappa shape index (κ1) is 11.4. The standard InChI is InChI=1S/C10H15ClN4O/c1-15(7-3-4-12-5-7)9-8(11)6-13-10(14-9)16-2/h6-7,12H,3-5H2,1-2H3. The van der Waals surface area contributed by atoms with Crippen LogP contribution in [0.5, 0.6) is 6.01 Å². The summed E-state index contributed by atoms with van der Waals surface area (Å²) >= 11 is 6.08. The minimum absolute atomic E-state index is 0.345. The molecule has 16 heavy (non-hydrogen) atoms. The number of likely N-dealkylation sites (N-methyl/N-ethyl adjacent to an activating group) is 1. The van der Waals surface area contributed by atoms with Crippen LogP contribution in [0.25, 0.3) is 0 Å². The Morgan fingerprint density at radius 1 is 1.62 bits per heavy atom. The molecule has 2 heterocycles. The van der Waals surface area contributed by atoms with E-state index in [0.717, 1.165) is 25.3 Å². The number of hydrogen-bond acceptors (Lipinski definition) is 5. The molecule has 0 radical (unpaired) electrons. The van der Waals surface area contributed by atoms with Gasteiger partial charge in [0.05, 0.1) is 13.3 Å². The zero-order chi connectivity index (χ0) is 11.5. The Morgan fingerprint density at radius 3 is 3.06 bits per heavy atom. The molecule has 1 unspecified atom stereocenters. The highest BCUT2D eigenvalue weighted by Crippen LogP contribution is 2.26. The normalized spacial score (nSPS) is 19.8. The predicted molar refractivity (Wildman–Crippen MR) is 63.3 cm³/mol. The van der Waals surface area contributed by atoms with Gasteiger partial charge in [-0.2, -0.15) is 4.98 Å². The van der Waals surface area contributed by atoms with Crippen molar-refractivity contribution in [3.05, 3.63) is 11.2 Å². The Morgan fingerprint density at radius 2 is 2.44 bits per heavy atom. The molecule has 2 rings (SSSR count). The molecule has 88 valence electrons. The number of nitrogens with zero attached hydrogens (tertiary/aromatic N) is 3. The van der Waals surface area contributed by atoms with E-state index >= 15 is 0 Å². The van der Waals surface area contributed by atoms with Crippen molar-refractivity contribution in [1.29, 1.82) is 0 Å². The summed E-state index contributed by atoms with van der Waals surface area (Å²) in [5.41, 5.74) is 0. The SMILES string of the molecule is COc1ncc(Cl)c(N(C)C2CCNC2)n1. The summed E-state index contributed by atoms with van der Waals surface area (Å²) < 4.78 is 5.00. The third kappa shape index (κ3) is 2.20. The van der Waals surface area contributed by atoms with E-state index in [1.807, 2.05) is 7.05 Å². The molecular weight excluding hydrogens is 228 g/mol. The summed E-state index contributed by atoms with van der Waals surface area (Å²) in [4.78, 5) is 10.3. The van der Waals surface area contributed by atoms with Crippen molar-refractivity contribution >= 4 is 17.4 Å². The van der Waals surface area contributed by atoms with Gasteiger partial charge in [0.2, 0.25) is 0 Å². The molecule has 1 aliphatic heterocycles. The molecule has 0 aliphatic carbocycles. The van der Waals surface area contributed by atoms with E-state index < -0.39 is 0 Å². The lowest BCUT2D eigenvalue weighted by Gasteiger charge is -2.25. The van der Waals surface area contributed by atoms with Crippen LogP contribution in [0, 0.1) is 0 Å². The van der Waals surface area contributed by atoms with Gasteiger partial charge in [0, 0.05) is 19.6 Å². The highest BCUT2D eigenvalue weighted by molar-refractivity contribution is 6.32. The van der Waals surface area contributed by atoms with Crippen molar-refractivity contribution in [2.45, 2.75) is 12.5 Å². The maximum atomic E-state index is 6.08. The van der Waals surface area contributed by atoms with Crippen LogP contribution in [0.2, 0.25) is 5.02 Å². The number of nitrogens with one attached hydrogen (secondary N) is 1. The third-order valence-corrected chi connectivity index (χ3v) is 3.07. The summed E-state index contributed by atoms with van der Waals surface area (Å²) in [5.74, 6) is 0.724. The fourth-order valence-corrected chi connectivity index (χ4v) is 2.06. The van der Waals surface area contributed by atoms with Gasteiger partial charge in [-0.3, -0.25) is 0 Å². The van der Waals surface area contributed by atoms with Crippen LogP contribution >= 0.6 is 11.6 Å². The van der Waals surface area contributed by atoms with Gasteiger partial charge in [-0.05, 0) is 13.0 Å². The number of aromatic nitrogens is 2. The van der Waals surface area contributed by atoms with Crippen LogP contribution in [0.1, 0.15) is 6.42 Å². The number of rotatable bonds is 3. The van der Waals surface area contributed by atoms with E-state index in [2.05, 4.69) is 20.2 Å². The van der Waals surface area contributed by atoms with E-state index in [1.165, 1.54) is 0 Å². The molecule has 1 aliphatic rings. The van der Waals surface area contributed by atoms with Gasteiger partial charge in [0.15, 0.2) is 5.82 Å². The van der Waals surface area contributed by atoms with Gasteiger partial charge in [0.1, 0.15) is 5.02 Å². The highest BCUT2D eigenvalue weighted by atomic mass is 35.5. The van der Waals surface area contributed by atoms with Gasteiger partial charge >= 0.3 is 6.01 Å². The van der Waals surface area contributed by atoms with Crippen molar-refractivity contribution in [1.82, 2.24) is 15.3 Å². The predicted octanol–water partition coefficient (Wildman–Crippen LogP) is 0.937. The van der Waals surface area contributed by atoms with Crippen LogP contribution in [0.3, 0.4) is 0 Å². The average Bonchev–Trinajstić information content (AvgIpc) is 2.82. The Balaban J connectivity index is 2.23. The molecule has 0 spiro atoms. The van der Waals surface area contributed by atoms with Crippen LogP contribution in [0.4, 0.5) is 5.82 Å². The number of methoxy groups -OCH3 is 1. The van der Waals surface area contributed by atoms with Crippen LogP contribution in [0.15, 0.2) is 6.20 Å². The minimum Gasteiger partial charge on any atom is -0.467 e. The molecule has 5 nitrogen and oxygen atoms in total. The molecule has 6 heteroatoms. The van der Waals surface area contributed by atoms with E-state index in [9.17, 15) is 0 Å². The van der Waals surface area contributed by atoms with Crippen molar-refractivity contribution in [2.75, 3.05) is 32.1 Å². The zero-order valence-corrected chi connectivity index (χ0v) is 10.2. The Kier molecular flexibility index (Phi) is 3.46. The summed E-state index contributed by atoms with van der Waals surface area (Å²) in [7, 11) is 3.54. The number of anilines is 1. The average molecular weight is 243 g/mol. The molecule has 0 aromatic carbocycles. The van der Waals surface area contributed by atoms with Gasteiger partial charge in [-0.1, -0.05) is 11.6 Å². The highest BCUT2D eigenvalue weighted by Gasteiger charge is 2.22. The number of halogens is 1. The topological polar surface area (TPSA) is 50.3 Å². The number of ether oxygens (including phenoxy) is 1. The second-order valence-electron chi connectivity index (χ2n) is 3.79. The quantitative estimate of drug-likeness (QED) is 0.855. The number of hydrogen-bond donors (Lipinski definition) is 1. The lowest BCUT2D eigenvalue weighted by Crippen LogP contribution is -2.34. The molecule has 1 N–H and O–H groups in total. The van der Waals surface area contributed by atoms with Crippen molar-refractivity contribution in [2.24, 2.45) is 0 Å². The molecular formula is C10H15ClN4O. The largest absolute Gasteiger partial charge is 0.467 e. The maximum Gasteiger partial charge on any atom is 0.318 e. The lowest BCUT2D eigenvalue weighted by molar-refractivity contribution is 0.379. The summed E-state index contributed by atoms with van der Waals surface area (Å²) in [5, 5.41) is 3.86. The zero-order valence-electron chi connectivity index (χ0n) is 9.40. The van der Waals surface area contributed by atoms with E-state index in [0.29, 0.717) is 17.1 Å². The van der Waals surface area contributed by atoms with Crippen LogP contribution < -0.4 is 15.0 Å². The molecule has 1 atom stereocenters. The van der Waals surface area contributed by atoms with Gasteiger partial charge in [-0.25, -0.2) is 4.98 Å². The van der Waals surface area contributed by atoms with Crippen LogP contribution in [-0.4, -0.2) is 43.3 Å². The molecule has 0 saturated carbocycles. The molecule has 1 fully saturated rings. The van der Waals surface area contributed by atoms with Crippen molar-refractivity contribution in [3.63, 3.8) is 0 Å². The Hall–Kier alpha value is -1.07. The molecule has 1 aromatic rings. The fraction of sp³-hybridized carbons (Fsp3) is 0.600. The van der Waals surface area contributed by atoms with Gasteiger partial charge in [0.25, 0.3) is 0 Å². The first-order valence-electron chi connectivity index (χ1n) is 5.22. The summed E-state index contributed by atoms with van der Waals surface area (Å²) in [6.07, 6.45) is 2.67. The van der Waals surface area contributed by atoms with Crippen molar-refractivity contribution in [3.8, 4) is 6.01 Å². The molecule has 1 aromatic heterocycles. The second kappa shape index (κ2) is 4.84. The monoisotopic (exact) mass is 242 g/mol. The maximum absolute atomic E-state index is 6.08. The Labute approximate surface area is 99.8 Å². The summed E-state index contributed by atoms with van der Waals surface area (Å²) in [6.45, 7) is 1.99. The smallest absolute Gasteiger partial charge is 0.318 e.